The highest BCUT2D eigenvalue weighted by Gasteiger charge is 2.26. The highest BCUT2D eigenvalue weighted by Crippen LogP contribution is 2.42. The predicted molar refractivity (Wildman–Crippen MR) is 98.7 cm³/mol. The molecular formula is C21H16N2S. The summed E-state index contributed by atoms with van der Waals surface area (Å²) in [6.45, 7) is 0. The first-order valence-corrected chi connectivity index (χ1v) is 8.96. The van der Waals surface area contributed by atoms with Crippen molar-refractivity contribution >= 4 is 11.8 Å². The summed E-state index contributed by atoms with van der Waals surface area (Å²) in [6.07, 6.45) is 2.43. The highest BCUT2D eigenvalue weighted by molar-refractivity contribution is 8.00. The van der Waals surface area contributed by atoms with Crippen LogP contribution < -0.4 is 0 Å². The molecule has 0 radical (unpaired) electrons. The van der Waals surface area contributed by atoms with Crippen LogP contribution in [0.1, 0.15) is 18.4 Å². The summed E-state index contributed by atoms with van der Waals surface area (Å²) in [7, 11) is 0. The Morgan fingerprint density at radius 3 is 2.12 bits per heavy atom. The highest BCUT2D eigenvalue weighted by atomic mass is 32.2. The van der Waals surface area contributed by atoms with E-state index in [1.807, 2.05) is 42.5 Å². The number of aromatic nitrogens is 1. The standard InChI is InChI=1S/C21H16N2S/c22-14-19-18(15-7-3-1-4-8-15)13-20(16-9-5-2-6-10-16)23-21(19)24-17-11-12-17/h1-10,13,17H,11-12H2. The third-order valence-electron chi connectivity index (χ3n) is 4.06. The molecule has 1 aliphatic carbocycles. The van der Waals surface area contributed by atoms with Gasteiger partial charge in [-0.2, -0.15) is 5.26 Å². The lowest BCUT2D eigenvalue weighted by Crippen LogP contribution is -1.96. The summed E-state index contributed by atoms with van der Waals surface area (Å²) in [4.78, 5) is 4.82. The van der Waals surface area contributed by atoms with Crippen LogP contribution in [0.15, 0.2) is 71.8 Å². The largest absolute Gasteiger partial charge is 0.240 e. The van der Waals surface area contributed by atoms with Crippen molar-refractivity contribution in [2.75, 3.05) is 0 Å². The van der Waals surface area contributed by atoms with Crippen LogP contribution in [0.3, 0.4) is 0 Å². The van der Waals surface area contributed by atoms with Crippen molar-refractivity contribution < 1.29 is 0 Å². The predicted octanol–water partition coefficient (Wildman–Crippen LogP) is 5.54. The van der Waals surface area contributed by atoms with Crippen molar-refractivity contribution in [3.05, 3.63) is 72.3 Å². The van der Waals surface area contributed by atoms with Crippen LogP contribution in [0.5, 0.6) is 0 Å². The molecule has 1 aromatic heterocycles. The molecule has 0 bridgehead atoms. The Hall–Kier alpha value is -2.57. The lowest BCUT2D eigenvalue weighted by Gasteiger charge is -2.12. The molecule has 4 rings (SSSR count). The van der Waals surface area contributed by atoms with Gasteiger partial charge in [0.2, 0.25) is 0 Å². The second-order valence-corrected chi connectivity index (χ2v) is 7.19. The smallest absolute Gasteiger partial charge is 0.115 e. The molecule has 2 aromatic carbocycles. The number of hydrogen-bond acceptors (Lipinski definition) is 3. The quantitative estimate of drug-likeness (QED) is 0.631. The molecule has 0 saturated heterocycles. The maximum absolute atomic E-state index is 9.75. The molecule has 0 N–H and O–H groups in total. The van der Waals surface area contributed by atoms with Gasteiger partial charge in [-0.15, -0.1) is 11.8 Å². The van der Waals surface area contributed by atoms with Crippen molar-refractivity contribution in [2.45, 2.75) is 23.1 Å². The van der Waals surface area contributed by atoms with Gasteiger partial charge in [0.1, 0.15) is 11.1 Å². The molecule has 3 heteroatoms. The fraction of sp³-hybridized carbons (Fsp3) is 0.143. The van der Waals surface area contributed by atoms with Gasteiger partial charge in [-0.1, -0.05) is 60.7 Å². The van der Waals surface area contributed by atoms with E-state index >= 15 is 0 Å². The van der Waals surface area contributed by atoms with E-state index in [0.717, 1.165) is 27.4 Å². The Labute approximate surface area is 146 Å². The van der Waals surface area contributed by atoms with E-state index in [9.17, 15) is 5.26 Å². The van der Waals surface area contributed by atoms with Crippen LogP contribution in [0.25, 0.3) is 22.4 Å². The zero-order chi connectivity index (χ0) is 16.4. The summed E-state index contributed by atoms with van der Waals surface area (Å²) in [5, 5.41) is 11.2. The number of rotatable bonds is 4. The zero-order valence-corrected chi connectivity index (χ0v) is 14.0. The van der Waals surface area contributed by atoms with Crippen molar-refractivity contribution in [1.82, 2.24) is 4.98 Å². The summed E-state index contributed by atoms with van der Waals surface area (Å²) in [5.74, 6) is 0. The number of pyridine rings is 1. The van der Waals surface area contributed by atoms with Gasteiger partial charge in [0.25, 0.3) is 0 Å². The van der Waals surface area contributed by atoms with E-state index in [2.05, 4.69) is 30.3 Å². The SMILES string of the molecule is N#Cc1c(-c2ccccc2)cc(-c2ccccc2)nc1SC1CC1. The van der Waals surface area contributed by atoms with Gasteiger partial charge in [0, 0.05) is 16.4 Å². The molecule has 0 aliphatic heterocycles. The third kappa shape index (κ3) is 3.06. The van der Waals surface area contributed by atoms with Gasteiger partial charge in [-0.3, -0.25) is 0 Å². The Bertz CT molecular complexity index is 894. The van der Waals surface area contributed by atoms with E-state index in [4.69, 9.17) is 4.98 Å². The number of benzene rings is 2. The Morgan fingerprint density at radius 2 is 1.54 bits per heavy atom. The van der Waals surface area contributed by atoms with E-state index in [1.54, 1.807) is 11.8 Å². The Balaban J connectivity index is 1.91. The summed E-state index contributed by atoms with van der Waals surface area (Å²) >= 11 is 1.74. The van der Waals surface area contributed by atoms with Gasteiger partial charge >= 0.3 is 0 Å². The summed E-state index contributed by atoms with van der Waals surface area (Å²) in [6, 6.07) is 24.7. The first-order valence-electron chi connectivity index (χ1n) is 8.08. The van der Waals surface area contributed by atoms with Crippen LogP contribution in [0, 0.1) is 11.3 Å². The van der Waals surface area contributed by atoms with Crippen molar-refractivity contribution in [3.8, 4) is 28.5 Å². The lowest BCUT2D eigenvalue weighted by atomic mass is 9.99. The minimum Gasteiger partial charge on any atom is -0.240 e. The minimum atomic E-state index is 0.610. The molecule has 0 amide bonds. The maximum Gasteiger partial charge on any atom is 0.115 e. The average Bonchev–Trinajstić information content (AvgIpc) is 3.46. The molecule has 3 aromatic rings. The van der Waals surface area contributed by atoms with E-state index in [0.29, 0.717) is 10.8 Å². The summed E-state index contributed by atoms with van der Waals surface area (Å²) in [5.41, 5.74) is 4.73. The monoisotopic (exact) mass is 328 g/mol. The fourth-order valence-corrected chi connectivity index (χ4v) is 3.77. The van der Waals surface area contributed by atoms with E-state index in [1.165, 1.54) is 12.8 Å². The molecule has 0 spiro atoms. The summed E-state index contributed by atoms with van der Waals surface area (Å²) < 4.78 is 0. The van der Waals surface area contributed by atoms with Crippen LogP contribution in [0.2, 0.25) is 0 Å². The molecule has 24 heavy (non-hydrogen) atoms. The van der Waals surface area contributed by atoms with Gasteiger partial charge < -0.3 is 0 Å². The number of thioether (sulfide) groups is 1. The number of hydrogen-bond donors (Lipinski definition) is 0. The van der Waals surface area contributed by atoms with Crippen molar-refractivity contribution in [3.63, 3.8) is 0 Å². The molecule has 0 unspecified atom stereocenters. The Kier molecular flexibility index (Phi) is 4.06. The number of nitriles is 1. The van der Waals surface area contributed by atoms with Gasteiger partial charge in [-0.25, -0.2) is 4.98 Å². The van der Waals surface area contributed by atoms with Crippen molar-refractivity contribution in [1.29, 1.82) is 5.26 Å². The molecule has 0 atom stereocenters. The van der Waals surface area contributed by atoms with E-state index in [-0.39, 0.29) is 0 Å². The first-order chi connectivity index (χ1) is 11.8. The molecule has 1 saturated carbocycles. The molecule has 1 heterocycles. The Morgan fingerprint density at radius 1 is 0.917 bits per heavy atom. The second kappa shape index (κ2) is 6.51. The van der Waals surface area contributed by atoms with E-state index < -0.39 is 0 Å². The second-order valence-electron chi connectivity index (χ2n) is 5.90. The third-order valence-corrected chi connectivity index (χ3v) is 5.38. The maximum atomic E-state index is 9.75. The molecule has 1 fully saturated rings. The lowest BCUT2D eigenvalue weighted by molar-refractivity contribution is 1.12. The average molecular weight is 328 g/mol. The van der Waals surface area contributed by atoms with Crippen molar-refractivity contribution in [2.24, 2.45) is 0 Å². The zero-order valence-electron chi connectivity index (χ0n) is 13.1. The van der Waals surface area contributed by atoms with Gasteiger partial charge in [0.05, 0.1) is 11.3 Å². The van der Waals surface area contributed by atoms with Gasteiger partial charge in [-0.05, 0) is 24.5 Å². The topological polar surface area (TPSA) is 36.7 Å². The van der Waals surface area contributed by atoms with Crippen LogP contribution in [-0.4, -0.2) is 10.2 Å². The van der Waals surface area contributed by atoms with Gasteiger partial charge in [0.15, 0.2) is 0 Å². The van der Waals surface area contributed by atoms with Crippen LogP contribution in [-0.2, 0) is 0 Å². The molecular weight excluding hydrogens is 312 g/mol. The first kappa shape index (κ1) is 15.0. The fourth-order valence-electron chi connectivity index (χ4n) is 2.66. The minimum absolute atomic E-state index is 0.610. The molecule has 1 aliphatic rings. The number of nitrogens with zero attached hydrogens (tertiary/aromatic N) is 2. The normalized spacial score (nSPS) is 13.5. The molecule has 2 nitrogen and oxygen atoms in total. The van der Waals surface area contributed by atoms with Crippen LogP contribution in [0.4, 0.5) is 0 Å². The molecule has 116 valence electrons. The van der Waals surface area contributed by atoms with Crippen LogP contribution >= 0.6 is 11.8 Å².